The fourth-order valence-electron chi connectivity index (χ4n) is 3.13. The summed E-state index contributed by atoms with van der Waals surface area (Å²) in [5.74, 6) is 0.144. The van der Waals surface area contributed by atoms with Crippen molar-refractivity contribution in [1.29, 1.82) is 0 Å². The summed E-state index contributed by atoms with van der Waals surface area (Å²) in [6.45, 7) is 4.36. The van der Waals surface area contributed by atoms with Crippen LogP contribution in [0.1, 0.15) is 19.8 Å². The molecule has 2 aliphatic rings. The molecule has 1 atom stereocenters. The van der Waals surface area contributed by atoms with E-state index in [2.05, 4.69) is 16.0 Å². The maximum Gasteiger partial charge on any atom is 0.321 e. The van der Waals surface area contributed by atoms with Crippen LogP contribution in [0.3, 0.4) is 0 Å². The first-order chi connectivity index (χ1) is 12.0. The van der Waals surface area contributed by atoms with Crippen LogP contribution >= 0.6 is 0 Å². The molecular formula is C17H23N5O3. The first-order valence-electron chi connectivity index (χ1n) is 8.53. The predicted molar refractivity (Wildman–Crippen MR) is 94.6 cm³/mol. The molecule has 0 saturated carbocycles. The summed E-state index contributed by atoms with van der Waals surface area (Å²) >= 11 is 0. The van der Waals surface area contributed by atoms with Crippen LogP contribution in [0.25, 0.3) is 0 Å². The number of anilines is 2. The molecule has 0 aromatic heterocycles. The van der Waals surface area contributed by atoms with Gasteiger partial charge in [0.05, 0.1) is 0 Å². The van der Waals surface area contributed by atoms with Crippen molar-refractivity contribution < 1.29 is 14.4 Å². The highest BCUT2D eigenvalue weighted by molar-refractivity contribution is 5.95. The molecule has 25 heavy (non-hydrogen) atoms. The minimum atomic E-state index is -0.331. The van der Waals surface area contributed by atoms with Crippen molar-refractivity contribution in [2.45, 2.75) is 25.8 Å². The molecule has 1 aromatic carbocycles. The topological polar surface area (TPSA) is 93.8 Å². The number of rotatable bonds is 5. The lowest BCUT2D eigenvalue weighted by molar-refractivity contribution is -0.127. The quantitative estimate of drug-likeness (QED) is 0.752. The van der Waals surface area contributed by atoms with Crippen molar-refractivity contribution >= 4 is 29.3 Å². The first-order valence-corrected chi connectivity index (χ1v) is 8.53. The number of nitrogens with zero attached hydrogens (tertiary/aromatic N) is 2. The van der Waals surface area contributed by atoms with Gasteiger partial charge in [-0.1, -0.05) is 6.07 Å². The number of urea groups is 2. The lowest BCUT2D eigenvalue weighted by Gasteiger charge is -2.22. The van der Waals surface area contributed by atoms with E-state index >= 15 is 0 Å². The Hall–Kier alpha value is -2.77. The molecule has 8 nitrogen and oxygen atoms in total. The molecule has 0 radical (unpaired) electrons. The zero-order chi connectivity index (χ0) is 17.8. The Morgan fingerprint density at radius 3 is 2.84 bits per heavy atom. The predicted octanol–water partition coefficient (Wildman–Crippen LogP) is 1.35. The van der Waals surface area contributed by atoms with Gasteiger partial charge in [-0.15, -0.1) is 0 Å². The third-order valence-corrected chi connectivity index (χ3v) is 4.32. The van der Waals surface area contributed by atoms with E-state index in [0.29, 0.717) is 31.7 Å². The van der Waals surface area contributed by atoms with E-state index in [1.807, 2.05) is 13.0 Å². The normalized spacial score (nSPS) is 18.3. The van der Waals surface area contributed by atoms with Gasteiger partial charge in [0.15, 0.2) is 0 Å². The van der Waals surface area contributed by atoms with E-state index in [9.17, 15) is 14.4 Å². The Morgan fingerprint density at radius 1 is 1.32 bits per heavy atom. The minimum absolute atomic E-state index is 0.134. The minimum Gasteiger partial charge on any atom is -0.341 e. The summed E-state index contributed by atoms with van der Waals surface area (Å²) < 4.78 is 0. The monoisotopic (exact) mass is 345 g/mol. The van der Waals surface area contributed by atoms with E-state index in [4.69, 9.17) is 0 Å². The largest absolute Gasteiger partial charge is 0.341 e. The zero-order valence-corrected chi connectivity index (χ0v) is 14.2. The van der Waals surface area contributed by atoms with Gasteiger partial charge in [-0.25, -0.2) is 9.59 Å². The van der Waals surface area contributed by atoms with Crippen molar-refractivity contribution in [2.75, 3.05) is 36.4 Å². The van der Waals surface area contributed by atoms with Crippen LogP contribution in [0.4, 0.5) is 21.0 Å². The van der Waals surface area contributed by atoms with Crippen LogP contribution < -0.4 is 20.9 Å². The molecule has 1 aromatic rings. The van der Waals surface area contributed by atoms with E-state index < -0.39 is 0 Å². The fraction of sp³-hybridized carbons (Fsp3) is 0.471. The number of amides is 5. The van der Waals surface area contributed by atoms with Crippen molar-refractivity contribution in [2.24, 2.45) is 0 Å². The Bertz CT molecular complexity index is 678. The fourth-order valence-corrected chi connectivity index (χ4v) is 3.13. The second-order valence-electron chi connectivity index (χ2n) is 6.38. The maximum atomic E-state index is 12.2. The van der Waals surface area contributed by atoms with Crippen LogP contribution in [0, 0.1) is 0 Å². The lowest BCUT2D eigenvalue weighted by atomic mass is 10.2. The van der Waals surface area contributed by atoms with Gasteiger partial charge in [-0.2, -0.15) is 0 Å². The molecule has 8 heteroatoms. The molecular weight excluding hydrogens is 322 g/mol. The molecule has 2 heterocycles. The summed E-state index contributed by atoms with van der Waals surface area (Å²) in [4.78, 5) is 38.9. The Kier molecular flexibility index (Phi) is 5.06. The van der Waals surface area contributed by atoms with Crippen molar-refractivity contribution in [1.82, 2.24) is 15.5 Å². The summed E-state index contributed by atoms with van der Waals surface area (Å²) in [5, 5.41) is 8.36. The van der Waals surface area contributed by atoms with Gasteiger partial charge >= 0.3 is 12.1 Å². The highest BCUT2D eigenvalue weighted by atomic mass is 16.2. The molecule has 5 amide bonds. The van der Waals surface area contributed by atoms with E-state index in [1.54, 1.807) is 28.0 Å². The number of carbonyl (C=O) groups is 3. The van der Waals surface area contributed by atoms with Crippen molar-refractivity contribution in [3.8, 4) is 0 Å². The molecule has 2 aliphatic heterocycles. The Morgan fingerprint density at radius 2 is 2.16 bits per heavy atom. The molecule has 0 bridgehead atoms. The number of hydrogen-bond donors (Lipinski definition) is 3. The summed E-state index contributed by atoms with van der Waals surface area (Å²) in [6, 6.07) is 6.55. The Balaban J connectivity index is 1.54. The van der Waals surface area contributed by atoms with Crippen molar-refractivity contribution in [3.63, 3.8) is 0 Å². The standard InChI is InChI=1S/C17H23N5O3/c1-12(11-21-8-3-6-15(21)23)19-16(24)20-13-4-2-5-14(10-13)22-9-7-18-17(22)25/h2,4-5,10,12H,3,6-9,11H2,1H3,(H,18,25)(H2,19,20,24). The number of carbonyl (C=O) groups excluding carboxylic acids is 3. The average Bonchev–Trinajstić information content (AvgIpc) is 3.16. The van der Waals surface area contributed by atoms with Gasteiger partial charge in [-0.05, 0) is 31.5 Å². The molecule has 1 unspecified atom stereocenters. The molecule has 3 rings (SSSR count). The van der Waals surface area contributed by atoms with Gasteiger partial charge < -0.3 is 20.9 Å². The molecule has 3 N–H and O–H groups in total. The highest BCUT2D eigenvalue weighted by Crippen LogP contribution is 2.21. The number of hydrogen-bond acceptors (Lipinski definition) is 3. The highest BCUT2D eigenvalue weighted by Gasteiger charge is 2.23. The number of nitrogens with one attached hydrogen (secondary N) is 3. The first kappa shape index (κ1) is 17.1. The van der Waals surface area contributed by atoms with Crippen LogP contribution in [-0.2, 0) is 4.79 Å². The molecule has 2 saturated heterocycles. The number of likely N-dealkylation sites (tertiary alicyclic amines) is 1. The third kappa shape index (κ3) is 4.20. The second-order valence-corrected chi connectivity index (χ2v) is 6.38. The lowest BCUT2D eigenvalue weighted by Crippen LogP contribution is -2.44. The molecule has 2 fully saturated rings. The van der Waals surface area contributed by atoms with Crippen LogP contribution in [-0.4, -0.2) is 55.1 Å². The number of benzene rings is 1. The molecule has 134 valence electrons. The summed E-state index contributed by atoms with van der Waals surface area (Å²) in [7, 11) is 0. The third-order valence-electron chi connectivity index (χ3n) is 4.32. The zero-order valence-electron chi connectivity index (χ0n) is 14.2. The van der Waals surface area contributed by atoms with Crippen molar-refractivity contribution in [3.05, 3.63) is 24.3 Å². The van der Waals surface area contributed by atoms with Gasteiger partial charge in [0.2, 0.25) is 5.91 Å². The van der Waals surface area contributed by atoms with E-state index in [0.717, 1.165) is 18.7 Å². The van der Waals surface area contributed by atoms with Gasteiger partial charge in [0.25, 0.3) is 0 Å². The second kappa shape index (κ2) is 7.42. The SMILES string of the molecule is CC(CN1CCCC1=O)NC(=O)Nc1cccc(N2CCNC2=O)c1. The van der Waals surface area contributed by atoms with Crippen LogP contribution in [0.5, 0.6) is 0 Å². The smallest absolute Gasteiger partial charge is 0.321 e. The summed E-state index contributed by atoms with van der Waals surface area (Å²) in [6.07, 6.45) is 1.48. The van der Waals surface area contributed by atoms with Gasteiger partial charge in [-0.3, -0.25) is 9.69 Å². The van der Waals surface area contributed by atoms with Gasteiger partial charge in [0.1, 0.15) is 0 Å². The molecule has 0 spiro atoms. The maximum absolute atomic E-state index is 12.2. The average molecular weight is 345 g/mol. The van der Waals surface area contributed by atoms with E-state index in [-0.39, 0.29) is 24.0 Å². The van der Waals surface area contributed by atoms with Crippen LogP contribution in [0.15, 0.2) is 24.3 Å². The van der Waals surface area contributed by atoms with Crippen LogP contribution in [0.2, 0.25) is 0 Å². The summed E-state index contributed by atoms with van der Waals surface area (Å²) in [5.41, 5.74) is 1.35. The molecule has 0 aliphatic carbocycles. The van der Waals surface area contributed by atoms with Gasteiger partial charge in [0, 0.05) is 50.0 Å². The Labute approximate surface area is 146 Å². The van der Waals surface area contributed by atoms with E-state index in [1.165, 1.54) is 0 Å².